The molecule has 0 atom stereocenters. The van der Waals surface area contributed by atoms with Crippen molar-refractivity contribution >= 4 is 5.78 Å². The quantitative estimate of drug-likeness (QED) is 0.732. The molecule has 0 bridgehead atoms. The van der Waals surface area contributed by atoms with Gasteiger partial charge < -0.3 is 0 Å². The summed E-state index contributed by atoms with van der Waals surface area (Å²) in [4.78, 5) is 10.9. The highest BCUT2D eigenvalue weighted by Gasteiger charge is 2.02. The zero-order valence-electron chi connectivity index (χ0n) is 10.5. The van der Waals surface area contributed by atoms with Crippen LogP contribution in [0.15, 0.2) is 66.7 Å². The maximum Gasteiger partial charge on any atom is 0.152 e. The van der Waals surface area contributed by atoms with Crippen LogP contribution in [0.1, 0.15) is 12.5 Å². The lowest BCUT2D eigenvalue weighted by Crippen LogP contribution is -1.89. The molecule has 0 saturated carbocycles. The van der Waals surface area contributed by atoms with E-state index in [-0.39, 0.29) is 5.78 Å². The van der Waals surface area contributed by atoms with E-state index in [0.717, 1.165) is 6.42 Å². The third-order valence-electron chi connectivity index (χ3n) is 2.79. The normalized spacial score (nSPS) is 10.7. The molecular weight excluding hydrogens is 220 g/mol. The first-order valence-corrected chi connectivity index (χ1v) is 6.08. The Hall–Kier alpha value is -2.15. The van der Waals surface area contributed by atoms with Gasteiger partial charge in [0, 0.05) is 0 Å². The second kappa shape index (κ2) is 5.97. The van der Waals surface area contributed by atoms with Gasteiger partial charge in [-0.05, 0) is 36.1 Å². The molecule has 1 heteroatoms. The Morgan fingerprint density at radius 1 is 1.00 bits per heavy atom. The van der Waals surface area contributed by atoms with Crippen LogP contribution in [0.25, 0.3) is 11.1 Å². The Labute approximate surface area is 108 Å². The van der Waals surface area contributed by atoms with Gasteiger partial charge in [-0.3, -0.25) is 4.79 Å². The second-order valence-electron chi connectivity index (χ2n) is 4.24. The Kier molecular flexibility index (Phi) is 4.08. The molecule has 0 fully saturated rings. The molecule has 2 rings (SSSR count). The van der Waals surface area contributed by atoms with Crippen LogP contribution in [0, 0.1) is 0 Å². The zero-order valence-corrected chi connectivity index (χ0v) is 10.5. The van der Waals surface area contributed by atoms with Crippen molar-refractivity contribution in [2.45, 2.75) is 13.3 Å². The third-order valence-corrected chi connectivity index (χ3v) is 2.79. The molecule has 90 valence electrons. The number of hydrogen-bond acceptors (Lipinski definition) is 1. The number of rotatable bonds is 4. The number of carbonyl (C=O) groups excluding carboxylic acids is 1. The highest BCUT2D eigenvalue weighted by atomic mass is 16.1. The highest BCUT2D eigenvalue weighted by molar-refractivity contribution is 5.87. The molecule has 0 aliphatic carbocycles. The molecule has 0 heterocycles. The molecule has 0 aromatic heterocycles. The van der Waals surface area contributed by atoms with Crippen LogP contribution in [-0.4, -0.2) is 5.78 Å². The summed E-state index contributed by atoms with van der Waals surface area (Å²) in [7, 11) is 0. The summed E-state index contributed by atoms with van der Waals surface area (Å²) in [6.07, 6.45) is 4.33. The van der Waals surface area contributed by atoms with E-state index in [1.807, 2.05) is 36.4 Å². The van der Waals surface area contributed by atoms with Gasteiger partial charge in [-0.15, -0.1) is 0 Å². The Balaban J connectivity index is 2.29. The van der Waals surface area contributed by atoms with Crippen molar-refractivity contribution in [3.63, 3.8) is 0 Å². The summed E-state index contributed by atoms with van der Waals surface area (Å²) in [6.45, 7) is 1.57. The van der Waals surface area contributed by atoms with Crippen LogP contribution < -0.4 is 0 Å². The summed E-state index contributed by atoms with van der Waals surface area (Å²) in [5.41, 5.74) is 3.68. The molecule has 2 aromatic carbocycles. The predicted molar refractivity (Wildman–Crippen MR) is 75.4 cm³/mol. The van der Waals surface area contributed by atoms with Gasteiger partial charge in [-0.1, -0.05) is 60.7 Å². The van der Waals surface area contributed by atoms with E-state index in [2.05, 4.69) is 24.3 Å². The van der Waals surface area contributed by atoms with Gasteiger partial charge in [0.25, 0.3) is 0 Å². The van der Waals surface area contributed by atoms with Gasteiger partial charge in [0.05, 0.1) is 0 Å². The molecule has 0 radical (unpaired) electrons. The zero-order chi connectivity index (χ0) is 12.8. The van der Waals surface area contributed by atoms with Crippen molar-refractivity contribution < 1.29 is 4.79 Å². The Morgan fingerprint density at radius 2 is 1.67 bits per heavy atom. The van der Waals surface area contributed by atoms with Crippen molar-refractivity contribution in [3.8, 4) is 11.1 Å². The number of allylic oxidation sites excluding steroid dienone is 2. The van der Waals surface area contributed by atoms with Crippen LogP contribution in [0.5, 0.6) is 0 Å². The van der Waals surface area contributed by atoms with E-state index in [9.17, 15) is 4.79 Å². The molecular formula is C17H16O. The van der Waals surface area contributed by atoms with E-state index in [1.165, 1.54) is 16.7 Å². The van der Waals surface area contributed by atoms with Crippen molar-refractivity contribution in [1.82, 2.24) is 0 Å². The highest BCUT2D eigenvalue weighted by Crippen LogP contribution is 2.23. The fraction of sp³-hybridized carbons (Fsp3) is 0.118. The first kappa shape index (κ1) is 12.3. The second-order valence-corrected chi connectivity index (χ2v) is 4.24. The molecule has 0 aliphatic rings. The summed E-state index contributed by atoms with van der Waals surface area (Å²) in [5, 5.41) is 0. The van der Waals surface area contributed by atoms with E-state index in [4.69, 9.17) is 0 Å². The molecule has 0 N–H and O–H groups in total. The summed E-state index contributed by atoms with van der Waals surface area (Å²) >= 11 is 0. The van der Waals surface area contributed by atoms with Crippen LogP contribution in [-0.2, 0) is 11.2 Å². The lowest BCUT2D eigenvalue weighted by Gasteiger charge is -2.07. The minimum atomic E-state index is 0.0900. The van der Waals surface area contributed by atoms with Crippen molar-refractivity contribution in [1.29, 1.82) is 0 Å². The van der Waals surface area contributed by atoms with Crippen molar-refractivity contribution in [3.05, 3.63) is 72.3 Å². The van der Waals surface area contributed by atoms with Gasteiger partial charge in [0.15, 0.2) is 5.78 Å². The lowest BCUT2D eigenvalue weighted by molar-refractivity contribution is -0.112. The average Bonchev–Trinajstić information content (AvgIpc) is 2.40. The van der Waals surface area contributed by atoms with E-state index >= 15 is 0 Å². The van der Waals surface area contributed by atoms with E-state index in [0.29, 0.717) is 0 Å². The van der Waals surface area contributed by atoms with Gasteiger partial charge in [0.1, 0.15) is 0 Å². The standard InChI is InChI=1S/C17H16O/c1-14(18)8-7-12-16-11-5-6-13-17(16)15-9-3-2-4-10-15/h2-11,13H,12H2,1H3/b8-7+. The first-order valence-electron chi connectivity index (χ1n) is 6.08. The van der Waals surface area contributed by atoms with Gasteiger partial charge in [-0.2, -0.15) is 0 Å². The average molecular weight is 236 g/mol. The summed E-state index contributed by atoms with van der Waals surface area (Å²) < 4.78 is 0. The van der Waals surface area contributed by atoms with Gasteiger partial charge >= 0.3 is 0 Å². The molecule has 0 saturated heterocycles. The fourth-order valence-electron chi connectivity index (χ4n) is 1.95. The number of hydrogen-bond donors (Lipinski definition) is 0. The lowest BCUT2D eigenvalue weighted by atomic mass is 9.97. The number of ketones is 1. The fourth-order valence-corrected chi connectivity index (χ4v) is 1.95. The van der Waals surface area contributed by atoms with Crippen LogP contribution in [0.2, 0.25) is 0 Å². The number of benzene rings is 2. The molecule has 0 amide bonds. The van der Waals surface area contributed by atoms with E-state index in [1.54, 1.807) is 13.0 Å². The Bertz CT molecular complexity index is 553. The van der Waals surface area contributed by atoms with Gasteiger partial charge in [0.2, 0.25) is 0 Å². The van der Waals surface area contributed by atoms with Gasteiger partial charge in [-0.25, -0.2) is 0 Å². The Morgan fingerprint density at radius 3 is 2.39 bits per heavy atom. The first-order chi connectivity index (χ1) is 8.77. The third kappa shape index (κ3) is 3.17. The molecule has 0 aliphatic heterocycles. The molecule has 1 nitrogen and oxygen atoms in total. The number of carbonyl (C=O) groups is 1. The molecule has 0 unspecified atom stereocenters. The minimum Gasteiger partial charge on any atom is -0.295 e. The molecule has 0 spiro atoms. The maximum atomic E-state index is 10.9. The summed E-state index contributed by atoms with van der Waals surface area (Å²) in [6, 6.07) is 18.6. The van der Waals surface area contributed by atoms with E-state index < -0.39 is 0 Å². The smallest absolute Gasteiger partial charge is 0.152 e. The monoisotopic (exact) mass is 236 g/mol. The maximum absolute atomic E-state index is 10.9. The molecule has 2 aromatic rings. The largest absolute Gasteiger partial charge is 0.295 e. The van der Waals surface area contributed by atoms with Crippen molar-refractivity contribution in [2.75, 3.05) is 0 Å². The van der Waals surface area contributed by atoms with Crippen molar-refractivity contribution in [2.24, 2.45) is 0 Å². The topological polar surface area (TPSA) is 17.1 Å². The summed E-state index contributed by atoms with van der Waals surface area (Å²) in [5.74, 6) is 0.0900. The predicted octanol–water partition coefficient (Wildman–Crippen LogP) is 4.04. The molecule has 18 heavy (non-hydrogen) atoms. The minimum absolute atomic E-state index is 0.0900. The van der Waals surface area contributed by atoms with Crippen LogP contribution in [0.4, 0.5) is 0 Å². The SMILES string of the molecule is CC(=O)/C=C/Cc1ccccc1-c1ccccc1. The van der Waals surface area contributed by atoms with Crippen LogP contribution >= 0.6 is 0 Å². The van der Waals surface area contributed by atoms with Crippen LogP contribution in [0.3, 0.4) is 0 Å².